The van der Waals surface area contributed by atoms with E-state index in [-0.39, 0.29) is 30.6 Å². The fraction of sp³-hybridized carbons (Fsp3) is 0.150. The third-order valence-electron chi connectivity index (χ3n) is 4.81. The molecule has 3 aromatic rings. The quantitative estimate of drug-likeness (QED) is 0.244. The maximum absolute atomic E-state index is 9.00. The van der Waals surface area contributed by atoms with Gasteiger partial charge in [0, 0.05) is 16.7 Å². The molecule has 1 aromatic heterocycles. The molecule has 0 radical (unpaired) electrons. The van der Waals surface area contributed by atoms with Gasteiger partial charge in [-0.1, -0.05) is 23.4 Å². The van der Waals surface area contributed by atoms with E-state index in [1.165, 1.54) is 0 Å². The second-order valence-corrected chi connectivity index (χ2v) is 6.42. The lowest BCUT2D eigenvalue weighted by molar-refractivity contribution is 0.318. The van der Waals surface area contributed by atoms with Crippen LogP contribution in [0.2, 0.25) is 0 Å². The van der Waals surface area contributed by atoms with Gasteiger partial charge in [0.1, 0.15) is 5.75 Å². The number of methoxy groups -OCH3 is 1. The number of rotatable bonds is 4. The van der Waals surface area contributed by atoms with Crippen LogP contribution in [0.3, 0.4) is 0 Å². The second kappa shape index (κ2) is 9.51. The Morgan fingerprint density at radius 1 is 1.13 bits per heavy atom. The van der Waals surface area contributed by atoms with Crippen molar-refractivity contribution < 1.29 is 9.94 Å². The number of ether oxygens (including phenoxy) is 1. The van der Waals surface area contributed by atoms with Crippen LogP contribution in [0.4, 0.5) is 5.95 Å². The van der Waals surface area contributed by atoms with Crippen LogP contribution in [0.25, 0.3) is 11.3 Å². The summed E-state index contributed by atoms with van der Waals surface area (Å²) in [6, 6.07) is 13.3. The van der Waals surface area contributed by atoms with Crippen LogP contribution in [-0.2, 0) is 6.42 Å². The second-order valence-electron chi connectivity index (χ2n) is 6.42. The molecule has 0 amide bonds. The van der Waals surface area contributed by atoms with E-state index in [2.05, 4.69) is 15.2 Å². The average molecular weight is 449 g/mol. The molecule has 1 heterocycles. The van der Waals surface area contributed by atoms with Crippen LogP contribution in [0, 0.1) is 0 Å². The molecule has 0 spiro atoms. The fourth-order valence-electron chi connectivity index (χ4n) is 3.40. The Kier molecular flexibility index (Phi) is 7.31. The first kappa shape index (κ1) is 23.1. The number of hydrogen-bond acceptors (Lipinski definition) is 6. The summed E-state index contributed by atoms with van der Waals surface area (Å²) < 4.78 is 6.77. The van der Waals surface area contributed by atoms with Gasteiger partial charge in [0.05, 0.1) is 24.7 Å². The van der Waals surface area contributed by atoms with Crippen molar-refractivity contribution in [3.05, 3.63) is 65.4 Å². The fourth-order valence-corrected chi connectivity index (χ4v) is 3.40. The maximum Gasteiger partial charge on any atom is 0.221 e. The highest BCUT2D eigenvalue weighted by Gasteiger charge is 2.22. The van der Waals surface area contributed by atoms with Crippen molar-refractivity contribution in [1.29, 1.82) is 0 Å². The summed E-state index contributed by atoms with van der Waals surface area (Å²) in [5.74, 6) is 1.18. The minimum absolute atomic E-state index is 0. The van der Waals surface area contributed by atoms with Gasteiger partial charge in [0.25, 0.3) is 0 Å². The molecular weight excluding hydrogens is 427 g/mol. The smallest absolute Gasteiger partial charge is 0.221 e. The topological polar surface area (TPSA) is 124 Å². The van der Waals surface area contributed by atoms with E-state index in [1.54, 1.807) is 18.0 Å². The van der Waals surface area contributed by atoms with Gasteiger partial charge in [-0.05, 0) is 42.7 Å². The van der Waals surface area contributed by atoms with E-state index in [9.17, 15) is 0 Å². The highest BCUT2D eigenvalue weighted by molar-refractivity contribution is 6.09. The largest absolute Gasteiger partial charge is 0.497 e. The summed E-state index contributed by atoms with van der Waals surface area (Å²) >= 11 is 0. The van der Waals surface area contributed by atoms with Gasteiger partial charge in [0.15, 0.2) is 5.84 Å². The number of aromatic nitrogens is 2. The summed E-state index contributed by atoms with van der Waals surface area (Å²) in [4.78, 5) is 4.41. The molecule has 5 N–H and O–H groups in total. The van der Waals surface area contributed by atoms with Crippen LogP contribution >= 0.6 is 24.8 Å². The highest BCUT2D eigenvalue weighted by Crippen LogP contribution is 2.27. The van der Waals surface area contributed by atoms with Crippen molar-refractivity contribution in [3.63, 3.8) is 0 Å². The molecule has 0 fully saturated rings. The molecule has 158 valence electrons. The molecule has 0 saturated heterocycles. The number of imidazole rings is 1. The van der Waals surface area contributed by atoms with E-state index >= 15 is 0 Å². The average Bonchev–Trinajstić information content (AvgIpc) is 3.31. The normalized spacial score (nSPS) is 14.0. The van der Waals surface area contributed by atoms with Crippen molar-refractivity contribution in [2.24, 2.45) is 16.0 Å². The first-order chi connectivity index (χ1) is 13.6. The number of nitrogens with two attached hydrogens (primary N) is 2. The molecule has 2 aromatic carbocycles. The number of nitrogens with zero attached hydrogens (tertiary/aromatic N) is 4. The number of fused-ring (bicyclic) bond motifs is 1. The van der Waals surface area contributed by atoms with Crippen molar-refractivity contribution >= 4 is 42.3 Å². The first-order valence-corrected chi connectivity index (χ1v) is 8.78. The standard InChI is InChI=1S/C20H20N6O2.2ClH/c1-28-13-7-5-12(6-8-13)18-11-26(20(22)23-18)24-17-10-9-14-15(17)3-2-4-16(14)19(21)25-27;;/h2-8,11,27H,9-10H2,1H3,(H2,21,25)(H2,22,23);2*1H/b24-17+;;. The van der Waals surface area contributed by atoms with Crippen molar-refractivity contribution in [2.75, 3.05) is 12.8 Å². The van der Waals surface area contributed by atoms with E-state index < -0.39 is 0 Å². The predicted octanol–water partition coefficient (Wildman–Crippen LogP) is 3.28. The minimum atomic E-state index is 0. The Hall–Kier alpha value is -3.23. The lowest BCUT2D eigenvalue weighted by Gasteiger charge is -2.06. The highest BCUT2D eigenvalue weighted by atomic mass is 35.5. The first-order valence-electron chi connectivity index (χ1n) is 8.78. The van der Waals surface area contributed by atoms with Crippen LogP contribution in [0.5, 0.6) is 5.75 Å². The van der Waals surface area contributed by atoms with Crippen molar-refractivity contribution in [3.8, 4) is 17.0 Å². The Morgan fingerprint density at radius 3 is 2.53 bits per heavy atom. The molecule has 30 heavy (non-hydrogen) atoms. The molecule has 1 aliphatic carbocycles. The molecule has 0 aliphatic heterocycles. The van der Waals surface area contributed by atoms with Gasteiger partial charge in [-0.15, -0.1) is 24.8 Å². The monoisotopic (exact) mass is 448 g/mol. The molecule has 4 rings (SSSR count). The summed E-state index contributed by atoms with van der Waals surface area (Å²) in [5.41, 5.74) is 17.1. The summed E-state index contributed by atoms with van der Waals surface area (Å²) in [5, 5.41) is 16.8. The summed E-state index contributed by atoms with van der Waals surface area (Å²) in [6.07, 6.45) is 3.30. The Bertz CT molecular complexity index is 1090. The molecule has 0 atom stereocenters. The molecule has 0 saturated carbocycles. The van der Waals surface area contributed by atoms with E-state index in [1.807, 2.05) is 42.5 Å². The zero-order valence-corrected chi connectivity index (χ0v) is 17.8. The number of benzene rings is 2. The van der Waals surface area contributed by atoms with Gasteiger partial charge in [-0.25, -0.2) is 9.66 Å². The third-order valence-corrected chi connectivity index (χ3v) is 4.81. The molecule has 8 nitrogen and oxygen atoms in total. The maximum atomic E-state index is 9.00. The van der Waals surface area contributed by atoms with Crippen molar-refractivity contribution in [2.45, 2.75) is 12.8 Å². The SMILES string of the molecule is COc1ccc(-c2cn(/N=C3\CCc4c(/C(N)=N/O)cccc43)c(N)n2)cc1.Cl.Cl. The number of hydrogen-bond donors (Lipinski definition) is 3. The Labute approximate surface area is 186 Å². The summed E-state index contributed by atoms with van der Waals surface area (Å²) in [7, 11) is 1.63. The lowest BCUT2D eigenvalue weighted by Crippen LogP contribution is -2.15. The van der Waals surface area contributed by atoms with Gasteiger partial charge in [0.2, 0.25) is 5.95 Å². The number of anilines is 1. The molecule has 1 aliphatic rings. The number of oxime groups is 1. The number of halogens is 2. The zero-order valence-electron chi connectivity index (χ0n) is 16.1. The van der Waals surface area contributed by atoms with E-state index in [0.29, 0.717) is 5.95 Å². The van der Waals surface area contributed by atoms with E-state index in [0.717, 1.165) is 52.3 Å². The lowest BCUT2D eigenvalue weighted by atomic mass is 10.0. The van der Waals surface area contributed by atoms with Crippen LogP contribution < -0.4 is 16.2 Å². The van der Waals surface area contributed by atoms with Crippen LogP contribution in [0.15, 0.2) is 58.9 Å². The van der Waals surface area contributed by atoms with Gasteiger partial charge < -0.3 is 21.4 Å². The van der Waals surface area contributed by atoms with Gasteiger partial charge in [-0.2, -0.15) is 5.10 Å². The van der Waals surface area contributed by atoms with Gasteiger partial charge in [-0.3, -0.25) is 0 Å². The van der Waals surface area contributed by atoms with Crippen LogP contribution in [-0.4, -0.2) is 33.5 Å². The van der Waals surface area contributed by atoms with Crippen molar-refractivity contribution in [1.82, 2.24) is 9.66 Å². The third kappa shape index (κ3) is 4.19. The number of nitrogen functional groups attached to an aromatic ring is 1. The molecule has 0 unspecified atom stereocenters. The summed E-state index contributed by atoms with van der Waals surface area (Å²) in [6.45, 7) is 0. The van der Waals surface area contributed by atoms with Crippen LogP contribution in [0.1, 0.15) is 23.1 Å². The van der Waals surface area contributed by atoms with E-state index in [4.69, 9.17) is 21.4 Å². The van der Waals surface area contributed by atoms with Gasteiger partial charge >= 0.3 is 0 Å². The molecule has 10 heteroatoms. The Balaban J connectivity index is 0.00000160. The number of amidine groups is 1. The predicted molar refractivity (Wildman–Crippen MR) is 122 cm³/mol. The molecular formula is C20H22Cl2N6O2. The minimum Gasteiger partial charge on any atom is -0.497 e. The Morgan fingerprint density at radius 2 is 1.87 bits per heavy atom. The molecule has 0 bridgehead atoms. The zero-order chi connectivity index (χ0) is 19.7.